The van der Waals surface area contributed by atoms with Gasteiger partial charge in [0.1, 0.15) is 11.9 Å². The van der Waals surface area contributed by atoms with E-state index in [-0.39, 0.29) is 0 Å². The van der Waals surface area contributed by atoms with E-state index in [1.165, 1.54) is 0 Å². The zero-order valence-corrected chi connectivity index (χ0v) is 12.2. The van der Waals surface area contributed by atoms with E-state index in [9.17, 15) is 9.59 Å². The Morgan fingerprint density at radius 1 is 1.30 bits per heavy atom. The molecule has 4 nitrogen and oxygen atoms in total. The summed E-state index contributed by atoms with van der Waals surface area (Å²) in [4.78, 5) is 22.0. The van der Waals surface area contributed by atoms with Crippen molar-refractivity contribution in [2.24, 2.45) is 0 Å². The smallest absolute Gasteiger partial charge is 0.407 e. The van der Waals surface area contributed by atoms with Crippen molar-refractivity contribution in [3.8, 4) is 0 Å². The molecule has 1 amide bonds. The predicted octanol–water partition coefficient (Wildman–Crippen LogP) is 3.43. The molecule has 20 heavy (non-hydrogen) atoms. The van der Waals surface area contributed by atoms with Gasteiger partial charge in [0.15, 0.2) is 0 Å². The number of aldehydes is 1. The summed E-state index contributed by atoms with van der Waals surface area (Å²) in [7, 11) is 0. The summed E-state index contributed by atoms with van der Waals surface area (Å²) in [5.41, 5.74) is 1.14. The highest BCUT2D eigenvalue weighted by Crippen LogP contribution is 2.07. The van der Waals surface area contributed by atoms with Gasteiger partial charge >= 0.3 is 6.09 Å². The molecule has 0 aliphatic heterocycles. The van der Waals surface area contributed by atoms with Crippen molar-refractivity contribution in [3.05, 3.63) is 41.5 Å². The molecule has 0 bridgehead atoms. The van der Waals surface area contributed by atoms with Gasteiger partial charge in [0.2, 0.25) is 0 Å². The van der Waals surface area contributed by atoms with Gasteiger partial charge in [-0.25, -0.2) is 4.79 Å². The summed E-state index contributed by atoms with van der Waals surface area (Å²) < 4.78 is 5.12. The Labute approximate surface area is 119 Å². The van der Waals surface area contributed by atoms with Crippen LogP contribution in [0.15, 0.2) is 30.3 Å². The minimum absolute atomic E-state index is 0.408. The summed E-state index contributed by atoms with van der Waals surface area (Å²) in [5.74, 6) is 0. The molecule has 4 heteroatoms. The van der Waals surface area contributed by atoms with E-state index in [1.54, 1.807) is 6.07 Å². The topological polar surface area (TPSA) is 55.4 Å². The Morgan fingerprint density at radius 2 is 2.00 bits per heavy atom. The van der Waals surface area contributed by atoms with Crippen LogP contribution in [0, 0.1) is 0 Å². The van der Waals surface area contributed by atoms with Crippen molar-refractivity contribution < 1.29 is 14.3 Å². The maximum atomic E-state index is 11.4. The Bertz CT molecular complexity index is 487. The first kappa shape index (κ1) is 16.0. The third-order valence-electron chi connectivity index (χ3n) is 2.34. The Balaban J connectivity index is 2.31. The van der Waals surface area contributed by atoms with Crippen molar-refractivity contribution in [1.82, 2.24) is 5.32 Å². The molecule has 0 unspecified atom stereocenters. The van der Waals surface area contributed by atoms with Gasteiger partial charge in [0.05, 0.1) is 0 Å². The zero-order valence-electron chi connectivity index (χ0n) is 12.2. The Kier molecular flexibility index (Phi) is 5.97. The van der Waals surface area contributed by atoms with Crippen molar-refractivity contribution in [2.45, 2.75) is 32.8 Å². The molecule has 1 N–H and O–H groups in total. The van der Waals surface area contributed by atoms with Crippen LogP contribution in [0.4, 0.5) is 4.79 Å². The van der Waals surface area contributed by atoms with Crippen molar-refractivity contribution >= 4 is 18.5 Å². The third-order valence-corrected chi connectivity index (χ3v) is 2.34. The van der Waals surface area contributed by atoms with Crippen LogP contribution in [-0.2, 0) is 4.74 Å². The first-order valence-electron chi connectivity index (χ1n) is 6.59. The zero-order chi connectivity index (χ0) is 15.0. The maximum Gasteiger partial charge on any atom is 0.407 e. The molecule has 0 heterocycles. The highest BCUT2D eigenvalue weighted by Gasteiger charge is 2.14. The third kappa shape index (κ3) is 6.73. The lowest BCUT2D eigenvalue weighted by molar-refractivity contribution is 0.0528. The van der Waals surface area contributed by atoms with Gasteiger partial charge < -0.3 is 10.1 Å². The second kappa shape index (κ2) is 7.48. The van der Waals surface area contributed by atoms with Crippen LogP contribution in [0.5, 0.6) is 0 Å². The Hall–Kier alpha value is -2.10. The van der Waals surface area contributed by atoms with Crippen molar-refractivity contribution in [2.75, 3.05) is 6.54 Å². The van der Waals surface area contributed by atoms with Crippen LogP contribution in [0.3, 0.4) is 0 Å². The fourth-order valence-corrected chi connectivity index (χ4v) is 1.53. The molecule has 1 aromatic carbocycles. The molecule has 0 aliphatic carbocycles. The number of nitrogens with one attached hydrogen (secondary N) is 1. The first-order chi connectivity index (χ1) is 9.40. The minimum Gasteiger partial charge on any atom is -0.444 e. The van der Waals surface area contributed by atoms with Gasteiger partial charge in [0, 0.05) is 12.1 Å². The summed E-state index contributed by atoms with van der Waals surface area (Å²) in [6.07, 6.45) is 4.98. The normalized spacial score (nSPS) is 11.3. The fraction of sp³-hybridized carbons (Fsp3) is 0.375. The van der Waals surface area contributed by atoms with E-state index < -0.39 is 11.7 Å². The standard InChI is InChI=1S/C16H21NO3/c1-16(2,3)20-15(19)17-10-5-4-7-13-8-6-9-14(11-13)12-18/h4,6-9,11-12H,5,10H2,1-3H3,(H,17,19). The highest BCUT2D eigenvalue weighted by molar-refractivity contribution is 5.76. The molecule has 0 spiro atoms. The summed E-state index contributed by atoms with van der Waals surface area (Å²) in [6.45, 7) is 5.99. The van der Waals surface area contributed by atoms with E-state index in [0.717, 1.165) is 11.8 Å². The maximum absolute atomic E-state index is 11.4. The lowest BCUT2D eigenvalue weighted by Gasteiger charge is -2.19. The van der Waals surface area contributed by atoms with Crippen LogP contribution in [0.2, 0.25) is 0 Å². The van der Waals surface area contributed by atoms with Crippen molar-refractivity contribution in [1.29, 1.82) is 0 Å². The van der Waals surface area contributed by atoms with Crippen LogP contribution >= 0.6 is 0 Å². The molecule has 0 aliphatic rings. The molecule has 1 aromatic rings. The minimum atomic E-state index is -0.477. The quantitative estimate of drug-likeness (QED) is 0.661. The fourth-order valence-electron chi connectivity index (χ4n) is 1.53. The number of hydrogen-bond donors (Lipinski definition) is 1. The molecule has 108 valence electrons. The van der Waals surface area contributed by atoms with Gasteiger partial charge in [-0.15, -0.1) is 0 Å². The average Bonchev–Trinajstić information content (AvgIpc) is 2.36. The van der Waals surface area contributed by atoms with E-state index in [1.807, 2.05) is 51.1 Å². The Morgan fingerprint density at radius 3 is 2.65 bits per heavy atom. The van der Waals surface area contributed by atoms with E-state index in [0.29, 0.717) is 18.5 Å². The largest absolute Gasteiger partial charge is 0.444 e. The lowest BCUT2D eigenvalue weighted by Crippen LogP contribution is -2.32. The number of ether oxygens (including phenoxy) is 1. The predicted molar refractivity (Wildman–Crippen MR) is 79.7 cm³/mol. The summed E-state index contributed by atoms with van der Waals surface area (Å²) in [5, 5.41) is 2.68. The van der Waals surface area contributed by atoms with Gasteiger partial charge in [-0.05, 0) is 38.8 Å². The van der Waals surface area contributed by atoms with E-state index >= 15 is 0 Å². The van der Waals surface area contributed by atoms with Gasteiger partial charge in [-0.2, -0.15) is 0 Å². The van der Waals surface area contributed by atoms with Gasteiger partial charge in [0.25, 0.3) is 0 Å². The molecular formula is C16H21NO3. The molecule has 0 radical (unpaired) electrons. The van der Waals surface area contributed by atoms with Crippen LogP contribution in [0.25, 0.3) is 6.08 Å². The van der Waals surface area contributed by atoms with E-state index in [2.05, 4.69) is 5.32 Å². The lowest BCUT2D eigenvalue weighted by atomic mass is 10.1. The van der Waals surface area contributed by atoms with Crippen LogP contribution in [-0.4, -0.2) is 24.5 Å². The number of rotatable bonds is 5. The van der Waals surface area contributed by atoms with E-state index in [4.69, 9.17) is 4.74 Å². The first-order valence-corrected chi connectivity index (χ1v) is 6.59. The molecule has 0 aromatic heterocycles. The number of amides is 1. The van der Waals surface area contributed by atoms with Gasteiger partial charge in [-0.3, -0.25) is 4.79 Å². The molecule has 0 fully saturated rings. The second-order valence-corrected chi connectivity index (χ2v) is 5.41. The molecule has 0 saturated heterocycles. The molecule has 0 atom stereocenters. The van der Waals surface area contributed by atoms with Crippen LogP contribution < -0.4 is 5.32 Å². The summed E-state index contributed by atoms with van der Waals surface area (Å²) >= 11 is 0. The second-order valence-electron chi connectivity index (χ2n) is 5.41. The molecule has 1 rings (SSSR count). The monoisotopic (exact) mass is 275 g/mol. The molecule has 0 saturated carbocycles. The van der Waals surface area contributed by atoms with Gasteiger partial charge in [-0.1, -0.05) is 30.4 Å². The highest BCUT2D eigenvalue weighted by atomic mass is 16.6. The number of carbonyl (C=O) groups is 2. The average molecular weight is 275 g/mol. The molecular weight excluding hydrogens is 254 g/mol. The number of carbonyl (C=O) groups excluding carboxylic acids is 2. The van der Waals surface area contributed by atoms with Crippen LogP contribution in [0.1, 0.15) is 43.1 Å². The number of benzene rings is 1. The number of alkyl carbamates (subject to hydrolysis) is 1. The summed E-state index contributed by atoms with van der Waals surface area (Å²) in [6, 6.07) is 7.33. The number of hydrogen-bond acceptors (Lipinski definition) is 3. The SMILES string of the molecule is CC(C)(C)OC(=O)NCCC=Cc1cccc(C=O)c1. The van der Waals surface area contributed by atoms with Crippen molar-refractivity contribution in [3.63, 3.8) is 0 Å².